The fourth-order valence-electron chi connectivity index (χ4n) is 2.17. The van der Waals surface area contributed by atoms with Gasteiger partial charge in [-0.15, -0.1) is 11.8 Å². The van der Waals surface area contributed by atoms with Gasteiger partial charge in [-0.3, -0.25) is 4.79 Å². The number of amides is 1. The Morgan fingerprint density at radius 3 is 2.12 bits per heavy atom. The zero-order valence-electron chi connectivity index (χ0n) is 13.9. The van der Waals surface area contributed by atoms with Crippen molar-refractivity contribution in [3.8, 4) is 0 Å². The van der Waals surface area contributed by atoms with Gasteiger partial charge in [0, 0.05) is 11.2 Å². The lowest BCUT2D eigenvalue weighted by Gasteiger charge is -2.18. The van der Waals surface area contributed by atoms with Gasteiger partial charge in [-0.1, -0.05) is 30.3 Å². The van der Waals surface area contributed by atoms with Gasteiger partial charge in [0.05, 0.1) is 16.2 Å². The van der Waals surface area contributed by atoms with Gasteiger partial charge >= 0.3 is 0 Å². The first-order chi connectivity index (χ1) is 11.3. The van der Waals surface area contributed by atoms with Gasteiger partial charge < -0.3 is 5.32 Å². The van der Waals surface area contributed by atoms with Gasteiger partial charge in [-0.2, -0.15) is 0 Å². The molecule has 0 unspecified atom stereocenters. The van der Waals surface area contributed by atoms with Gasteiger partial charge in [0.15, 0.2) is 9.84 Å². The summed E-state index contributed by atoms with van der Waals surface area (Å²) < 4.78 is 23.0. The third kappa shape index (κ3) is 5.11. The lowest BCUT2D eigenvalue weighted by atomic mass is 10.1. The van der Waals surface area contributed by atoms with E-state index in [4.69, 9.17) is 0 Å². The highest BCUT2D eigenvalue weighted by molar-refractivity contribution is 8.00. The Morgan fingerprint density at radius 1 is 1.00 bits per heavy atom. The summed E-state index contributed by atoms with van der Waals surface area (Å²) >= 11 is 1.50. The number of rotatable bonds is 6. The number of benzene rings is 2. The molecule has 4 nitrogen and oxygen atoms in total. The van der Waals surface area contributed by atoms with E-state index in [2.05, 4.69) is 5.32 Å². The van der Waals surface area contributed by atoms with Gasteiger partial charge in [0.25, 0.3) is 0 Å². The highest BCUT2D eigenvalue weighted by Gasteiger charge is 2.17. The van der Waals surface area contributed by atoms with Crippen molar-refractivity contribution in [1.29, 1.82) is 0 Å². The molecular formula is C18H21NO3S2. The SMILES string of the molecule is C[C@@H](Sc1ccccc1)C(=O)N[C@H](C)c1ccc(S(C)(=O)=O)cc1. The van der Waals surface area contributed by atoms with Crippen molar-refractivity contribution in [3.63, 3.8) is 0 Å². The van der Waals surface area contributed by atoms with Crippen LogP contribution in [0.1, 0.15) is 25.5 Å². The van der Waals surface area contributed by atoms with E-state index in [0.717, 1.165) is 10.5 Å². The zero-order valence-corrected chi connectivity index (χ0v) is 15.5. The molecule has 2 atom stereocenters. The van der Waals surface area contributed by atoms with Gasteiger partial charge in [0.1, 0.15) is 0 Å². The minimum Gasteiger partial charge on any atom is -0.349 e. The summed E-state index contributed by atoms with van der Waals surface area (Å²) in [6.45, 7) is 3.75. The van der Waals surface area contributed by atoms with Crippen molar-refractivity contribution in [3.05, 3.63) is 60.2 Å². The van der Waals surface area contributed by atoms with Crippen molar-refractivity contribution in [2.45, 2.75) is 34.9 Å². The van der Waals surface area contributed by atoms with Gasteiger partial charge in [0.2, 0.25) is 5.91 Å². The quantitative estimate of drug-likeness (QED) is 0.799. The Bertz CT molecular complexity index is 787. The lowest BCUT2D eigenvalue weighted by Crippen LogP contribution is -2.33. The molecule has 1 amide bonds. The molecule has 128 valence electrons. The Hall–Kier alpha value is -1.79. The van der Waals surface area contributed by atoms with E-state index in [1.54, 1.807) is 24.3 Å². The van der Waals surface area contributed by atoms with Crippen LogP contribution in [0.15, 0.2) is 64.4 Å². The van der Waals surface area contributed by atoms with E-state index < -0.39 is 9.84 Å². The molecule has 0 aromatic heterocycles. The first-order valence-corrected chi connectivity index (χ1v) is 10.4. The maximum atomic E-state index is 12.3. The maximum Gasteiger partial charge on any atom is 0.233 e. The van der Waals surface area contributed by atoms with Crippen molar-refractivity contribution in [2.75, 3.05) is 6.26 Å². The molecule has 0 fully saturated rings. The van der Waals surface area contributed by atoms with Crippen LogP contribution in [0.4, 0.5) is 0 Å². The molecule has 2 rings (SSSR count). The second kappa shape index (κ2) is 7.85. The molecule has 0 spiro atoms. The molecule has 6 heteroatoms. The fraction of sp³-hybridized carbons (Fsp3) is 0.278. The minimum absolute atomic E-state index is 0.0523. The molecule has 24 heavy (non-hydrogen) atoms. The minimum atomic E-state index is -3.21. The molecule has 1 N–H and O–H groups in total. The average Bonchev–Trinajstić information content (AvgIpc) is 2.55. The highest BCUT2D eigenvalue weighted by Crippen LogP contribution is 2.24. The Labute approximate surface area is 147 Å². The number of hydrogen-bond acceptors (Lipinski definition) is 4. The molecule has 2 aromatic rings. The van der Waals surface area contributed by atoms with Gasteiger partial charge in [-0.25, -0.2) is 8.42 Å². The third-order valence-corrected chi connectivity index (χ3v) is 5.83. The number of hydrogen-bond donors (Lipinski definition) is 1. The van der Waals surface area contributed by atoms with E-state index in [1.807, 2.05) is 44.2 Å². The summed E-state index contributed by atoms with van der Waals surface area (Å²) in [6.07, 6.45) is 1.18. The molecule has 0 radical (unpaired) electrons. The predicted octanol–water partition coefficient (Wildman–Crippen LogP) is 3.45. The molecule has 0 aliphatic heterocycles. The zero-order chi connectivity index (χ0) is 17.7. The molecule has 0 heterocycles. The monoisotopic (exact) mass is 363 g/mol. The molecule has 0 bridgehead atoms. The molecular weight excluding hydrogens is 342 g/mol. The van der Waals surface area contributed by atoms with Crippen molar-refractivity contribution >= 4 is 27.5 Å². The van der Waals surface area contributed by atoms with Crippen molar-refractivity contribution < 1.29 is 13.2 Å². The van der Waals surface area contributed by atoms with Crippen LogP contribution in [0, 0.1) is 0 Å². The number of thioether (sulfide) groups is 1. The lowest BCUT2D eigenvalue weighted by molar-refractivity contribution is -0.120. The fourth-order valence-corrected chi connectivity index (χ4v) is 3.70. The van der Waals surface area contributed by atoms with Crippen molar-refractivity contribution in [2.24, 2.45) is 0 Å². The molecule has 2 aromatic carbocycles. The standard InChI is InChI=1S/C18H21NO3S2/c1-13(15-9-11-17(12-10-15)24(3,21)22)19-18(20)14(2)23-16-7-5-4-6-8-16/h4-14H,1-3H3,(H,19,20)/t13-,14-/m1/s1. The van der Waals surface area contributed by atoms with Crippen LogP contribution in [0.3, 0.4) is 0 Å². The number of sulfone groups is 1. The second-order valence-corrected chi connectivity index (χ2v) is 9.07. The van der Waals surface area contributed by atoms with Crippen molar-refractivity contribution in [1.82, 2.24) is 5.32 Å². The second-order valence-electron chi connectivity index (χ2n) is 5.64. The summed E-state index contributed by atoms with van der Waals surface area (Å²) in [5, 5.41) is 2.75. The summed E-state index contributed by atoms with van der Waals surface area (Å²) in [5.41, 5.74) is 0.868. The first-order valence-electron chi connectivity index (χ1n) is 7.59. The normalized spacial score (nSPS) is 14.0. The first kappa shape index (κ1) is 18.5. The molecule has 0 saturated heterocycles. The number of carbonyl (C=O) groups is 1. The summed E-state index contributed by atoms with van der Waals surface area (Å²) in [4.78, 5) is 13.7. The number of carbonyl (C=O) groups excluding carboxylic acids is 1. The van der Waals surface area contributed by atoms with Crippen LogP contribution in [-0.4, -0.2) is 25.8 Å². The van der Waals surface area contributed by atoms with Crippen LogP contribution >= 0.6 is 11.8 Å². The Morgan fingerprint density at radius 2 is 1.58 bits per heavy atom. The Balaban J connectivity index is 1.98. The Kier molecular flexibility index (Phi) is 6.07. The molecule has 0 saturated carbocycles. The maximum absolute atomic E-state index is 12.3. The van der Waals surface area contributed by atoms with E-state index in [0.29, 0.717) is 0 Å². The summed E-state index contributed by atoms with van der Waals surface area (Å²) in [7, 11) is -3.21. The van der Waals surface area contributed by atoms with Gasteiger partial charge in [-0.05, 0) is 43.7 Å². The van der Waals surface area contributed by atoms with E-state index in [-0.39, 0.29) is 22.1 Å². The van der Waals surface area contributed by atoms with Crippen LogP contribution in [0.25, 0.3) is 0 Å². The summed E-state index contributed by atoms with van der Waals surface area (Å²) in [5.74, 6) is -0.0523. The third-order valence-electron chi connectivity index (χ3n) is 3.59. The van der Waals surface area contributed by atoms with E-state index in [1.165, 1.54) is 18.0 Å². The van der Waals surface area contributed by atoms with Crippen LogP contribution in [0.2, 0.25) is 0 Å². The largest absolute Gasteiger partial charge is 0.349 e. The van der Waals surface area contributed by atoms with E-state index in [9.17, 15) is 13.2 Å². The predicted molar refractivity (Wildman–Crippen MR) is 97.9 cm³/mol. The number of nitrogens with one attached hydrogen (secondary N) is 1. The molecule has 0 aliphatic rings. The topological polar surface area (TPSA) is 63.2 Å². The smallest absolute Gasteiger partial charge is 0.233 e. The van der Waals surface area contributed by atoms with Crippen LogP contribution < -0.4 is 5.32 Å². The summed E-state index contributed by atoms with van der Waals surface area (Å²) in [6, 6.07) is 16.2. The van der Waals surface area contributed by atoms with E-state index >= 15 is 0 Å². The average molecular weight is 364 g/mol. The van der Waals surface area contributed by atoms with Crippen LogP contribution in [0.5, 0.6) is 0 Å². The van der Waals surface area contributed by atoms with Crippen LogP contribution in [-0.2, 0) is 14.6 Å². The molecule has 0 aliphatic carbocycles. The highest BCUT2D eigenvalue weighted by atomic mass is 32.2.